The van der Waals surface area contributed by atoms with Crippen LogP contribution in [0.5, 0.6) is 0 Å². The molecule has 0 amide bonds. The molecule has 11 heteroatoms. The van der Waals surface area contributed by atoms with Crippen LogP contribution in [0.2, 0.25) is 0 Å². The average molecular weight is 393 g/mol. The number of esters is 1. The molecule has 1 aliphatic rings. The molecule has 0 spiro atoms. The number of hydrogen-bond donors (Lipinski definition) is 1. The molecule has 0 aromatic rings. The summed E-state index contributed by atoms with van der Waals surface area (Å²) in [5.41, 5.74) is -1.10. The van der Waals surface area contributed by atoms with Gasteiger partial charge in [-0.3, -0.25) is 4.79 Å². The van der Waals surface area contributed by atoms with Crippen molar-refractivity contribution in [3.8, 4) is 0 Å². The molecule has 0 bridgehead atoms. The predicted octanol–water partition coefficient (Wildman–Crippen LogP) is 2.27. The lowest BCUT2D eigenvalue weighted by molar-refractivity contribution is -0.182. The van der Waals surface area contributed by atoms with Crippen molar-refractivity contribution < 1.29 is 45.2 Å². The first-order valence-corrected chi connectivity index (χ1v) is 9.24. The van der Waals surface area contributed by atoms with Crippen LogP contribution in [0.25, 0.3) is 0 Å². The normalized spacial score (nSPS) is 22.4. The Morgan fingerprint density at radius 3 is 2.08 bits per heavy atom. The van der Waals surface area contributed by atoms with E-state index in [1.54, 1.807) is 13.8 Å². The number of carbonyl (C=O) groups excluding carboxylic acids is 1. The number of hydrogen-bond acceptors (Lipinski definition) is 6. The summed E-state index contributed by atoms with van der Waals surface area (Å²) < 4.78 is 87.7. The molecular weight excluding hydrogens is 372 g/mol. The maximum absolute atomic E-state index is 13.3. The van der Waals surface area contributed by atoms with Crippen LogP contribution in [-0.2, 0) is 19.6 Å². The molecule has 1 rings (SSSR count). The Labute approximate surface area is 143 Å². The molecule has 25 heavy (non-hydrogen) atoms. The van der Waals surface area contributed by atoms with Gasteiger partial charge in [-0.15, -0.1) is 0 Å². The molecule has 148 valence electrons. The Hall–Kier alpha value is -0.940. The zero-order valence-corrected chi connectivity index (χ0v) is 14.6. The molecule has 0 aromatic heterocycles. The van der Waals surface area contributed by atoms with Gasteiger partial charge in [0, 0.05) is 5.92 Å². The second-order valence-electron chi connectivity index (χ2n) is 6.19. The van der Waals surface area contributed by atoms with Gasteiger partial charge in [0.05, 0.1) is 24.5 Å². The number of carbonyl (C=O) groups is 1. The lowest BCUT2D eigenvalue weighted by atomic mass is 9.63. The zero-order chi connectivity index (χ0) is 19.7. The Kier molecular flexibility index (Phi) is 6.50. The third-order valence-electron chi connectivity index (χ3n) is 4.89. The summed E-state index contributed by atoms with van der Waals surface area (Å²) in [7, 11) is -6.56. The van der Waals surface area contributed by atoms with Crippen molar-refractivity contribution in [2.45, 2.75) is 62.7 Å². The topological polar surface area (TPSA) is 104 Å². The van der Waals surface area contributed by atoms with Crippen molar-refractivity contribution in [1.29, 1.82) is 0 Å². The molecule has 0 aliphatic heterocycles. The van der Waals surface area contributed by atoms with Crippen LogP contribution in [0, 0.1) is 11.8 Å². The lowest BCUT2D eigenvalue weighted by Gasteiger charge is -2.45. The molecule has 1 N–H and O–H groups in total. The van der Waals surface area contributed by atoms with E-state index in [-0.39, 0.29) is 0 Å². The first-order valence-electron chi connectivity index (χ1n) is 7.83. The van der Waals surface area contributed by atoms with E-state index in [2.05, 4.69) is 4.74 Å². The SMILES string of the molecule is CCC(O)(CC)C1CCC1C(=O)OCCC(F)(F)C(F)(F)S(=O)(=O)[O-]. The van der Waals surface area contributed by atoms with E-state index >= 15 is 0 Å². The first-order chi connectivity index (χ1) is 11.2. The summed E-state index contributed by atoms with van der Waals surface area (Å²) in [6, 6.07) is 0. The number of aliphatic hydroxyl groups is 1. The van der Waals surface area contributed by atoms with E-state index in [0.29, 0.717) is 25.7 Å². The van der Waals surface area contributed by atoms with E-state index in [0.717, 1.165) is 0 Å². The molecule has 1 aliphatic carbocycles. The van der Waals surface area contributed by atoms with E-state index < -0.39 is 57.7 Å². The molecule has 0 aromatic carbocycles. The quantitative estimate of drug-likeness (QED) is 0.366. The van der Waals surface area contributed by atoms with E-state index in [4.69, 9.17) is 0 Å². The van der Waals surface area contributed by atoms with Crippen LogP contribution in [0.4, 0.5) is 17.6 Å². The molecule has 1 fully saturated rings. The van der Waals surface area contributed by atoms with Gasteiger partial charge in [-0.05, 0) is 25.7 Å². The first kappa shape index (κ1) is 22.1. The van der Waals surface area contributed by atoms with Gasteiger partial charge in [0.15, 0.2) is 10.1 Å². The second kappa shape index (κ2) is 7.36. The summed E-state index contributed by atoms with van der Waals surface area (Å²) in [4.78, 5) is 11.9. The maximum Gasteiger partial charge on any atom is 0.396 e. The second-order valence-corrected chi connectivity index (χ2v) is 7.61. The van der Waals surface area contributed by atoms with E-state index in [1.165, 1.54) is 0 Å². The minimum absolute atomic E-state index is 0.368. The van der Waals surface area contributed by atoms with Gasteiger partial charge >= 0.3 is 17.1 Å². The highest BCUT2D eigenvalue weighted by atomic mass is 32.2. The summed E-state index contributed by atoms with van der Waals surface area (Å²) in [6.45, 7) is 2.29. The number of ether oxygens (including phenoxy) is 1. The molecule has 0 heterocycles. The minimum atomic E-state index is -6.56. The van der Waals surface area contributed by atoms with Gasteiger partial charge in [-0.1, -0.05) is 13.8 Å². The molecule has 0 saturated heterocycles. The zero-order valence-electron chi connectivity index (χ0n) is 13.8. The monoisotopic (exact) mass is 393 g/mol. The van der Waals surface area contributed by atoms with Crippen LogP contribution in [0.3, 0.4) is 0 Å². The summed E-state index contributed by atoms with van der Waals surface area (Å²) >= 11 is 0. The van der Waals surface area contributed by atoms with Crippen molar-refractivity contribution in [2.24, 2.45) is 11.8 Å². The van der Waals surface area contributed by atoms with Gasteiger partial charge < -0.3 is 14.4 Å². The Balaban J connectivity index is 2.64. The molecule has 6 nitrogen and oxygen atoms in total. The van der Waals surface area contributed by atoms with Crippen molar-refractivity contribution in [2.75, 3.05) is 6.61 Å². The molecule has 2 unspecified atom stereocenters. The highest BCUT2D eigenvalue weighted by Crippen LogP contribution is 2.46. The van der Waals surface area contributed by atoms with E-state index in [1.807, 2.05) is 0 Å². The molecule has 0 radical (unpaired) electrons. The third-order valence-corrected chi connectivity index (χ3v) is 5.82. The summed E-state index contributed by atoms with van der Waals surface area (Å²) in [5.74, 6) is -7.23. The van der Waals surface area contributed by atoms with Gasteiger partial charge in [-0.2, -0.15) is 17.6 Å². The van der Waals surface area contributed by atoms with E-state index in [9.17, 15) is 40.4 Å². The average Bonchev–Trinajstić information content (AvgIpc) is 2.44. The van der Waals surface area contributed by atoms with Gasteiger partial charge in [-0.25, -0.2) is 8.42 Å². The number of rotatable bonds is 9. The lowest BCUT2D eigenvalue weighted by Crippen LogP contribution is -2.50. The number of halogens is 4. The Bertz CT molecular complexity index is 588. The van der Waals surface area contributed by atoms with Crippen molar-refractivity contribution in [1.82, 2.24) is 0 Å². The third kappa shape index (κ3) is 4.25. The molecule has 1 saturated carbocycles. The minimum Gasteiger partial charge on any atom is -0.743 e. The van der Waals surface area contributed by atoms with Crippen molar-refractivity contribution in [3.63, 3.8) is 0 Å². The van der Waals surface area contributed by atoms with Gasteiger partial charge in [0.25, 0.3) is 0 Å². The smallest absolute Gasteiger partial charge is 0.396 e. The fourth-order valence-electron chi connectivity index (χ4n) is 2.91. The standard InChI is InChI=1S/C14H22F4O6S/c1-3-12(20,4-2)10-6-5-9(10)11(19)24-8-7-13(15,16)14(17,18)25(21,22)23/h9-10,20H,3-8H2,1-2H3,(H,21,22,23)/p-1. The summed E-state index contributed by atoms with van der Waals surface area (Å²) in [6.07, 6.45) is -0.141. The maximum atomic E-state index is 13.3. The predicted molar refractivity (Wildman–Crippen MR) is 76.9 cm³/mol. The fourth-order valence-corrected chi connectivity index (χ4v) is 3.38. The van der Waals surface area contributed by atoms with Crippen molar-refractivity contribution in [3.05, 3.63) is 0 Å². The summed E-state index contributed by atoms with van der Waals surface area (Å²) in [5, 5.41) is 4.59. The highest BCUT2D eigenvalue weighted by molar-refractivity contribution is 7.86. The van der Waals surface area contributed by atoms with Crippen LogP contribution in [-0.4, -0.2) is 47.4 Å². The molecular formula is C14H21F4O6S-. The van der Waals surface area contributed by atoms with Crippen LogP contribution in [0.1, 0.15) is 46.0 Å². The van der Waals surface area contributed by atoms with Crippen LogP contribution >= 0.6 is 0 Å². The van der Waals surface area contributed by atoms with Gasteiger partial charge in [0.1, 0.15) is 0 Å². The Morgan fingerprint density at radius 1 is 1.20 bits per heavy atom. The Morgan fingerprint density at radius 2 is 1.72 bits per heavy atom. The fraction of sp³-hybridized carbons (Fsp3) is 0.929. The highest BCUT2D eigenvalue weighted by Gasteiger charge is 2.61. The van der Waals surface area contributed by atoms with Crippen LogP contribution < -0.4 is 0 Å². The molecule has 2 atom stereocenters. The largest absolute Gasteiger partial charge is 0.743 e. The number of alkyl halides is 4. The van der Waals surface area contributed by atoms with Crippen LogP contribution in [0.15, 0.2) is 0 Å². The van der Waals surface area contributed by atoms with Gasteiger partial charge in [0.2, 0.25) is 0 Å². The van der Waals surface area contributed by atoms with Crippen molar-refractivity contribution >= 4 is 16.1 Å².